The molecule has 1 atom stereocenters. The quantitative estimate of drug-likeness (QED) is 0.525. The van der Waals surface area contributed by atoms with E-state index >= 15 is 0 Å². The van der Waals surface area contributed by atoms with E-state index in [0.717, 1.165) is 4.90 Å². The molecule has 0 aliphatic carbocycles. The first-order chi connectivity index (χ1) is 11.9. The molecule has 3 N–H and O–H groups in total. The van der Waals surface area contributed by atoms with Gasteiger partial charge in [-0.2, -0.15) is 0 Å². The Bertz CT molecular complexity index is 704. The first-order valence-electron chi connectivity index (χ1n) is 7.82. The number of hydrogen-bond acceptors (Lipinski definition) is 4. The molecule has 8 heteroatoms. The van der Waals surface area contributed by atoms with Crippen LogP contribution in [0.25, 0.3) is 0 Å². The van der Waals surface area contributed by atoms with E-state index in [1.54, 1.807) is 37.3 Å². The molecule has 1 fully saturated rings. The SMILES string of the molecule is C=CCNC(=O)NC(=O)CN1C(=O)N[C@@](CC)(c2ccccc2)C1=O. The van der Waals surface area contributed by atoms with E-state index in [1.165, 1.54) is 6.08 Å². The number of amides is 6. The lowest BCUT2D eigenvalue weighted by Gasteiger charge is -2.25. The summed E-state index contributed by atoms with van der Waals surface area (Å²) < 4.78 is 0. The Labute approximate surface area is 145 Å². The second kappa shape index (κ2) is 7.61. The molecule has 2 rings (SSSR count). The van der Waals surface area contributed by atoms with Gasteiger partial charge in [0.25, 0.3) is 5.91 Å². The summed E-state index contributed by atoms with van der Waals surface area (Å²) >= 11 is 0. The zero-order valence-electron chi connectivity index (χ0n) is 13.9. The summed E-state index contributed by atoms with van der Waals surface area (Å²) in [6, 6.07) is 7.44. The Morgan fingerprint density at radius 1 is 1.28 bits per heavy atom. The lowest BCUT2D eigenvalue weighted by molar-refractivity contribution is -0.135. The molecule has 1 aromatic carbocycles. The highest BCUT2D eigenvalue weighted by molar-refractivity contribution is 6.10. The molecule has 132 valence electrons. The minimum atomic E-state index is -1.20. The van der Waals surface area contributed by atoms with Crippen molar-refractivity contribution in [2.45, 2.75) is 18.9 Å². The van der Waals surface area contributed by atoms with Crippen molar-refractivity contribution in [1.29, 1.82) is 0 Å². The van der Waals surface area contributed by atoms with Gasteiger partial charge in [-0.05, 0) is 12.0 Å². The minimum absolute atomic E-state index is 0.190. The average molecular weight is 344 g/mol. The van der Waals surface area contributed by atoms with Crippen LogP contribution in [0.15, 0.2) is 43.0 Å². The Morgan fingerprint density at radius 3 is 2.56 bits per heavy atom. The van der Waals surface area contributed by atoms with Crippen LogP contribution in [0.1, 0.15) is 18.9 Å². The number of urea groups is 2. The van der Waals surface area contributed by atoms with Gasteiger partial charge in [-0.1, -0.05) is 43.3 Å². The van der Waals surface area contributed by atoms with Crippen molar-refractivity contribution in [2.75, 3.05) is 13.1 Å². The Morgan fingerprint density at radius 2 is 1.96 bits per heavy atom. The van der Waals surface area contributed by atoms with Gasteiger partial charge in [-0.3, -0.25) is 19.8 Å². The lowest BCUT2D eigenvalue weighted by atomic mass is 9.87. The van der Waals surface area contributed by atoms with Gasteiger partial charge in [0.2, 0.25) is 5.91 Å². The van der Waals surface area contributed by atoms with Gasteiger partial charge in [-0.15, -0.1) is 6.58 Å². The molecule has 25 heavy (non-hydrogen) atoms. The monoisotopic (exact) mass is 344 g/mol. The first kappa shape index (κ1) is 18.2. The van der Waals surface area contributed by atoms with E-state index in [2.05, 4.69) is 22.5 Å². The van der Waals surface area contributed by atoms with E-state index < -0.39 is 36.0 Å². The van der Waals surface area contributed by atoms with Crippen molar-refractivity contribution in [3.8, 4) is 0 Å². The topological polar surface area (TPSA) is 108 Å². The standard InChI is InChI=1S/C17H20N4O4/c1-3-10-18-15(24)19-13(22)11-21-14(23)17(4-2,20-16(21)25)12-8-6-5-7-9-12/h3,5-9H,1,4,10-11H2,2H3,(H,20,25)(H2,18,19,22,24)/t17-/m0/s1. The Kier molecular flexibility index (Phi) is 5.53. The molecule has 0 bridgehead atoms. The van der Waals surface area contributed by atoms with Crippen LogP contribution in [0.4, 0.5) is 9.59 Å². The summed E-state index contributed by atoms with van der Waals surface area (Å²) in [7, 11) is 0. The third-order valence-corrected chi connectivity index (χ3v) is 3.93. The zero-order chi connectivity index (χ0) is 18.4. The second-order valence-electron chi connectivity index (χ2n) is 5.49. The summed E-state index contributed by atoms with van der Waals surface area (Å²) in [6.45, 7) is 4.86. The molecular formula is C17H20N4O4. The number of nitrogens with one attached hydrogen (secondary N) is 3. The molecule has 0 unspecified atom stereocenters. The number of nitrogens with zero attached hydrogens (tertiary/aromatic N) is 1. The van der Waals surface area contributed by atoms with Crippen LogP contribution in [0, 0.1) is 0 Å². The van der Waals surface area contributed by atoms with Crippen molar-refractivity contribution in [3.63, 3.8) is 0 Å². The van der Waals surface area contributed by atoms with Crippen LogP contribution >= 0.6 is 0 Å². The fourth-order valence-electron chi connectivity index (χ4n) is 2.65. The number of carbonyl (C=O) groups is 4. The van der Waals surface area contributed by atoms with Gasteiger partial charge in [0.05, 0.1) is 0 Å². The Balaban J connectivity index is 2.12. The molecule has 1 saturated heterocycles. The number of carbonyl (C=O) groups excluding carboxylic acids is 4. The van der Waals surface area contributed by atoms with Gasteiger partial charge in [0, 0.05) is 6.54 Å². The van der Waals surface area contributed by atoms with Crippen molar-refractivity contribution in [1.82, 2.24) is 20.9 Å². The molecule has 1 heterocycles. The Hall–Kier alpha value is -3.16. The third kappa shape index (κ3) is 3.68. The second-order valence-corrected chi connectivity index (χ2v) is 5.49. The van der Waals surface area contributed by atoms with Crippen molar-refractivity contribution < 1.29 is 19.2 Å². The zero-order valence-corrected chi connectivity index (χ0v) is 13.9. The van der Waals surface area contributed by atoms with Gasteiger partial charge in [0.1, 0.15) is 12.1 Å². The summed E-state index contributed by atoms with van der Waals surface area (Å²) in [4.78, 5) is 49.2. The van der Waals surface area contributed by atoms with Gasteiger partial charge >= 0.3 is 12.1 Å². The van der Waals surface area contributed by atoms with E-state index in [9.17, 15) is 19.2 Å². The van der Waals surface area contributed by atoms with Gasteiger partial charge < -0.3 is 10.6 Å². The molecule has 1 aliphatic rings. The molecule has 6 amide bonds. The first-order valence-corrected chi connectivity index (χ1v) is 7.82. The third-order valence-electron chi connectivity index (χ3n) is 3.93. The van der Waals surface area contributed by atoms with Crippen molar-refractivity contribution >= 4 is 23.9 Å². The fourth-order valence-corrected chi connectivity index (χ4v) is 2.65. The lowest BCUT2D eigenvalue weighted by Crippen LogP contribution is -2.47. The number of benzene rings is 1. The molecule has 0 radical (unpaired) electrons. The van der Waals surface area contributed by atoms with E-state index in [1.807, 2.05) is 0 Å². The summed E-state index contributed by atoms with van der Waals surface area (Å²) in [5, 5.41) is 7.10. The molecule has 1 aliphatic heterocycles. The normalized spacial score (nSPS) is 19.3. The molecule has 1 aromatic rings. The molecule has 8 nitrogen and oxygen atoms in total. The number of hydrogen-bond donors (Lipinski definition) is 3. The van der Waals surface area contributed by atoms with Crippen molar-refractivity contribution in [2.24, 2.45) is 0 Å². The fraction of sp³-hybridized carbons (Fsp3) is 0.294. The summed E-state index contributed by atoms with van der Waals surface area (Å²) in [5.41, 5.74) is -0.563. The largest absolute Gasteiger partial charge is 0.334 e. The number of imide groups is 2. The molecule has 0 saturated carbocycles. The highest BCUT2D eigenvalue weighted by Crippen LogP contribution is 2.32. The van der Waals surface area contributed by atoms with Crippen LogP contribution in [-0.4, -0.2) is 41.9 Å². The highest BCUT2D eigenvalue weighted by atomic mass is 16.2. The molecule has 0 aromatic heterocycles. The molecule has 0 spiro atoms. The number of rotatable bonds is 6. The summed E-state index contributed by atoms with van der Waals surface area (Å²) in [6.07, 6.45) is 1.79. The van der Waals surface area contributed by atoms with Crippen LogP contribution in [0.3, 0.4) is 0 Å². The van der Waals surface area contributed by atoms with Gasteiger partial charge in [-0.25, -0.2) is 9.59 Å². The van der Waals surface area contributed by atoms with Crippen LogP contribution in [-0.2, 0) is 15.1 Å². The average Bonchev–Trinajstić information content (AvgIpc) is 2.85. The minimum Gasteiger partial charge on any atom is -0.334 e. The van der Waals surface area contributed by atoms with Crippen LogP contribution < -0.4 is 16.0 Å². The maximum atomic E-state index is 12.8. The van der Waals surface area contributed by atoms with E-state index in [4.69, 9.17) is 0 Å². The van der Waals surface area contributed by atoms with Crippen LogP contribution in [0.5, 0.6) is 0 Å². The van der Waals surface area contributed by atoms with Crippen LogP contribution in [0.2, 0.25) is 0 Å². The molecular weight excluding hydrogens is 324 g/mol. The van der Waals surface area contributed by atoms with Gasteiger partial charge in [0.15, 0.2) is 0 Å². The highest BCUT2D eigenvalue weighted by Gasteiger charge is 2.51. The maximum Gasteiger partial charge on any atom is 0.325 e. The predicted molar refractivity (Wildman–Crippen MR) is 90.4 cm³/mol. The smallest absolute Gasteiger partial charge is 0.325 e. The summed E-state index contributed by atoms with van der Waals surface area (Å²) in [5.74, 6) is -1.28. The van der Waals surface area contributed by atoms with Crippen molar-refractivity contribution in [3.05, 3.63) is 48.6 Å². The van der Waals surface area contributed by atoms with E-state index in [-0.39, 0.29) is 6.54 Å². The van der Waals surface area contributed by atoms with E-state index in [0.29, 0.717) is 12.0 Å². The maximum absolute atomic E-state index is 12.8. The predicted octanol–water partition coefficient (Wildman–Crippen LogP) is 0.855.